The Morgan fingerprint density at radius 1 is 1.31 bits per heavy atom. The molecule has 3 aromatic rings. The second-order valence-corrected chi connectivity index (χ2v) is 8.30. The molecule has 136 valence electrons. The van der Waals surface area contributed by atoms with Crippen LogP contribution in [0.1, 0.15) is 5.89 Å². The monoisotopic (exact) mass is 390 g/mol. The molecule has 0 aliphatic rings. The molecule has 2 aromatic heterocycles. The van der Waals surface area contributed by atoms with Gasteiger partial charge in [0.1, 0.15) is 0 Å². The largest absolute Gasteiger partial charge is 0.376 e. The van der Waals surface area contributed by atoms with Gasteiger partial charge in [-0.25, -0.2) is 8.42 Å². The Balaban J connectivity index is 1.64. The van der Waals surface area contributed by atoms with Crippen molar-refractivity contribution in [3.63, 3.8) is 0 Å². The lowest BCUT2D eigenvalue weighted by molar-refractivity contribution is 0.384. The summed E-state index contributed by atoms with van der Waals surface area (Å²) in [5.41, 5.74) is 1.67. The average Bonchev–Trinajstić information content (AvgIpc) is 3.32. The molecule has 9 heteroatoms. The first-order chi connectivity index (χ1) is 12.5. The zero-order valence-corrected chi connectivity index (χ0v) is 15.8. The number of sulfonamides is 1. The third kappa shape index (κ3) is 4.01. The summed E-state index contributed by atoms with van der Waals surface area (Å²) >= 11 is 1.57. The first-order valence-corrected chi connectivity index (χ1v) is 10.2. The summed E-state index contributed by atoms with van der Waals surface area (Å²) < 4.78 is 31.2. The number of thiophene rings is 1. The number of hydrogen-bond donors (Lipinski definition) is 1. The van der Waals surface area contributed by atoms with E-state index in [1.807, 2.05) is 16.8 Å². The lowest BCUT2D eigenvalue weighted by Crippen LogP contribution is -2.26. The summed E-state index contributed by atoms with van der Waals surface area (Å²) in [5, 5.41) is 11.0. The Morgan fingerprint density at radius 2 is 2.08 bits per heavy atom. The molecule has 0 saturated heterocycles. The Morgan fingerprint density at radius 3 is 2.73 bits per heavy atom. The SMILES string of the molecule is C=CCN(C)S(=O)(=O)c1ccc(NCc2nc(-c3ccsc3)no2)cc1. The number of nitrogens with zero attached hydrogens (tertiary/aromatic N) is 3. The molecule has 0 bridgehead atoms. The third-order valence-corrected chi connectivity index (χ3v) is 6.16. The fraction of sp³-hybridized carbons (Fsp3) is 0.176. The van der Waals surface area contributed by atoms with E-state index in [-0.39, 0.29) is 11.4 Å². The summed E-state index contributed by atoms with van der Waals surface area (Å²) in [5.74, 6) is 1.00. The van der Waals surface area contributed by atoms with E-state index in [2.05, 4.69) is 22.0 Å². The molecule has 2 heterocycles. The summed E-state index contributed by atoms with van der Waals surface area (Å²) in [6.45, 7) is 4.16. The van der Waals surface area contributed by atoms with Crippen molar-refractivity contribution in [2.24, 2.45) is 0 Å². The van der Waals surface area contributed by atoms with E-state index in [1.54, 1.807) is 41.7 Å². The van der Waals surface area contributed by atoms with Gasteiger partial charge in [0.25, 0.3) is 0 Å². The van der Waals surface area contributed by atoms with Crippen molar-refractivity contribution in [2.45, 2.75) is 11.4 Å². The van der Waals surface area contributed by atoms with Crippen molar-refractivity contribution in [3.05, 3.63) is 59.6 Å². The third-order valence-electron chi connectivity index (χ3n) is 3.64. The van der Waals surface area contributed by atoms with Gasteiger partial charge in [-0.3, -0.25) is 0 Å². The molecule has 0 amide bonds. The van der Waals surface area contributed by atoms with Gasteiger partial charge in [-0.05, 0) is 35.7 Å². The Labute approximate surface area is 156 Å². The summed E-state index contributed by atoms with van der Waals surface area (Å²) in [6, 6.07) is 8.44. The molecule has 0 fully saturated rings. The number of anilines is 1. The van der Waals surface area contributed by atoms with Gasteiger partial charge in [-0.2, -0.15) is 20.6 Å². The number of rotatable bonds is 8. The van der Waals surface area contributed by atoms with Crippen LogP contribution in [0.5, 0.6) is 0 Å². The fourth-order valence-electron chi connectivity index (χ4n) is 2.22. The number of nitrogens with one attached hydrogen (secondary N) is 1. The maximum atomic E-state index is 12.4. The molecule has 3 rings (SSSR count). The van der Waals surface area contributed by atoms with E-state index in [0.29, 0.717) is 18.3 Å². The second-order valence-electron chi connectivity index (χ2n) is 5.48. The lowest BCUT2D eigenvalue weighted by atomic mass is 10.3. The predicted molar refractivity (Wildman–Crippen MR) is 101 cm³/mol. The van der Waals surface area contributed by atoms with Crippen LogP contribution >= 0.6 is 11.3 Å². The van der Waals surface area contributed by atoms with E-state index >= 15 is 0 Å². The van der Waals surface area contributed by atoms with Crippen LogP contribution < -0.4 is 5.32 Å². The molecule has 1 N–H and O–H groups in total. The van der Waals surface area contributed by atoms with Crippen LogP contribution in [0, 0.1) is 0 Å². The molecule has 0 saturated carbocycles. The van der Waals surface area contributed by atoms with Crippen molar-refractivity contribution >= 4 is 27.0 Å². The summed E-state index contributed by atoms with van der Waals surface area (Å²) in [4.78, 5) is 4.55. The topological polar surface area (TPSA) is 88.3 Å². The number of hydrogen-bond acceptors (Lipinski definition) is 7. The van der Waals surface area contributed by atoms with Gasteiger partial charge < -0.3 is 9.84 Å². The first-order valence-electron chi connectivity index (χ1n) is 7.77. The zero-order chi connectivity index (χ0) is 18.6. The van der Waals surface area contributed by atoms with Crippen LogP contribution in [0.3, 0.4) is 0 Å². The molecule has 0 aliphatic heterocycles. The minimum Gasteiger partial charge on any atom is -0.376 e. The van der Waals surface area contributed by atoms with Gasteiger partial charge in [0, 0.05) is 30.2 Å². The van der Waals surface area contributed by atoms with Crippen LogP contribution in [-0.4, -0.2) is 36.5 Å². The van der Waals surface area contributed by atoms with Crippen molar-refractivity contribution in [1.29, 1.82) is 0 Å². The van der Waals surface area contributed by atoms with E-state index in [9.17, 15) is 8.42 Å². The predicted octanol–water partition coefficient (Wildman–Crippen LogP) is 3.22. The highest BCUT2D eigenvalue weighted by Crippen LogP contribution is 2.20. The number of likely N-dealkylation sites (N-methyl/N-ethyl adjacent to an activating group) is 1. The highest BCUT2D eigenvalue weighted by atomic mass is 32.2. The van der Waals surface area contributed by atoms with Crippen LogP contribution in [0.4, 0.5) is 5.69 Å². The highest BCUT2D eigenvalue weighted by molar-refractivity contribution is 7.89. The summed E-state index contributed by atoms with van der Waals surface area (Å²) in [7, 11) is -1.99. The van der Waals surface area contributed by atoms with E-state index in [4.69, 9.17) is 4.52 Å². The normalized spacial score (nSPS) is 11.6. The number of aromatic nitrogens is 2. The standard InChI is InChI=1S/C17H18N4O3S2/c1-3-9-21(2)26(22,23)15-6-4-14(5-7-15)18-11-16-19-17(20-24-16)13-8-10-25-12-13/h3-8,10,12,18H,1,9,11H2,2H3. The maximum absolute atomic E-state index is 12.4. The second kappa shape index (κ2) is 7.81. The first kappa shape index (κ1) is 18.3. The summed E-state index contributed by atoms with van der Waals surface area (Å²) in [6.07, 6.45) is 1.54. The average molecular weight is 390 g/mol. The maximum Gasteiger partial charge on any atom is 0.246 e. The van der Waals surface area contributed by atoms with E-state index < -0.39 is 10.0 Å². The van der Waals surface area contributed by atoms with E-state index in [0.717, 1.165) is 11.3 Å². The van der Waals surface area contributed by atoms with Gasteiger partial charge in [0.15, 0.2) is 0 Å². The van der Waals surface area contributed by atoms with Gasteiger partial charge in [-0.15, -0.1) is 6.58 Å². The van der Waals surface area contributed by atoms with E-state index in [1.165, 1.54) is 11.4 Å². The minimum atomic E-state index is -3.51. The molecule has 0 unspecified atom stereocenters. The molecule has 0 aliphatic carbocycles. The smallest absolute Gasteiger partial charge is 0.246 e. The quantitative estimate of drug-likeness (QED) is 0.594. The molecule has 26 heavy (non-hydrogen) atoms. The van der Waals surface area contributed by atoms with Crippen LogP contribution in [-0.2, 0) is 16.6 Å². The molecule has 0 radical (unpaired) electrons. The number of benzene rings is 1. The lowest BCUT2D eigenvalue weighted by Gasteiger charge is -2.15. The van der Waals surface area contributed by atoms with Crippen molar-refractivity contribution in [3.8, 4) is 11.4 Å². The van der Waals surface area contributed by atoms with Gasteiger partial charge in [-0.1, -0.05) is 11.2 Å². The van der Waals surface area contributed by atoms with Crippen LogP contribution in [0.2, 0.25) is 0 Å². The van der Waals surface area contributed by atoms with Crippen molar-refractivity contribution in [2.75, 3.05) is 18.9 Å². The van der Waals surface area contributed by atoms with Gasteiger partial charge in [0.2, 0.25) is 21.7 Å². The minimum absolute atomic E-state index is 0.227. The van der Waals surface area contributed by atoms with Gasteiger partial charge in [0.05, 0.1) is 11.4 Å². The zero-order valence-electron chi connectivity index (χ0n) is 14.1. The Bertz CT molecular complexity index is 964. The molecular weight excluding hydrogens is 372 g/mol. The fourth-order valence-corrected chi connectivity index (χ4v) is 3.99. The molecule has 1 aromatic carbocycles. The highest BCUT2D eigenvalue weighted by Gasteiger charge is 2.19. The van der Waals surface area contributed by atoms with Gasteiger partial charge >= 0.3 is 0 Å². The Kier molecular flexibility index (Phi) is 5.50. The molecule has 0 spiro atoms. The van der Waals surface area contributed by atoms with Crippen LogP contribution in [0.15, 0.2) is 63.2 Å². The van der Waals surface area contributed by atoms with Crippen LogP contribution in [0.25, 0.3) is 11.4 Å². The molecule has 7 nitrogen and oxygen atoms in total. The molecular formula is C17H18N4O3S2. The Hall–Kier alpha value is -2.49. The molecule has 0 atom stereocenters. The van der Waals surface area contributed by atoms with Crippen molar-refractivity contribution in [1.82, 2.24) is 14.4 Å². The van der Waals surface area contributed by atoms with Crippen molar-refractivity contribution < 1.29 is 12.9 Å².